The molecule has 2 N–H and O–H groups in total. The Morgan fingerprint density at radius 2 is 1.81 bits per heavy atom. The van der Waals surface area contributed by atoms with Gasteiger partial charge < -0.3 is 5.32 Å². The van der Waals surface area contributed by atoms with Crippen molar-refractivity contribution in [1.29, 1.82) is 0 Å². The first-order valence-electron chi connectivity index (χ1n) is 6.42. The van der Waals surface area contributed by atoms with Gasteiger partial charge >= 0.3 is 0 Å². The van der Waals surface area contributed by atoms with Crippen LogP contribution in [0.15, 0.2) is 42.5 Å². The number of rotatable bonds is 2. The minimum absolute atomic E-state index is 0.244. The van der Waals surface area contributed by atoms with Gasteiger partial charge in [0.05, 0.1) is 10.6 Å². The molecule has 0 saturated heterocycles. The van der Waals surface area contributed by atoms with E-state index in [1.165, 1.54) is 0 Å². The summed E-state index contributed by atoms with van der Waals surface area (Å²) in [6.07, 6.45) is 0. The Labute approximate surface area is 134 Å². The monoisotopic (exact) mass is 318 g/mol. The zero-order valence-electron chi connectivity index (χ0n) is 11.7. The molecule has 2 aromatic rings. The van der Waals surface area contributed by atoms with Gasteiger partial charge in [0.25, 0.3) is 5.91 Å². The second-order valence-electron chi connectivity index (χ2n) is 4.64. The van der Waals surface area contributed by atoms with Crippen LogP contribution in [0.3, 0.4) is 0 Å². The quantitative estimate of drug-likeness (QED) is 0.820. The van der Waals surface area contributed by atoms with Crippen molar-refractivity contribution >= 4 is 40.5 Å². The smallest absolute Gasteiger partial charge is 0.258 e. The number of aryl methyl sites for hydroxylation is 1. The van der Waals surface area contributed by atoms with Crippen LogP contribution in [-0.4, -0.2) is 11.0 Å². The summed E-state index contributed by atoms with van der Waals surface area (Å²) < 4.78 is 0. The molecule has 0 atom stereocenters. The molecule has 21 heavy (non-hydrogen) atoms. The van der Waals surface area contributed by atoms with Gasteiger partial charge in [-0.3, -0.25) is 10.1 Å². The second-order valence-corrected chi connectivity index (χ2v) is 5.45. The molecule has 0 saturated carbocycles. The molecule has 0 aliphatic rings. The zero-order valence-corrected chi connectivity index (χ0v) is 13.3. The highest BCUT2D eigenvalue weighted by atomic mass is 35.5. The average Bonchev–Trinajstić information content (AvgIpc) is 2.44. The SMILES string of the molecule is Cc1cccc(NC(=S)NC(=O)c2ccccc2Cl)c1C. The number of nitrogens with one attached hydrogen (secondary N) is 2. The van der Waals surface area contributed by atoms with Crippen LogP contribution < -0.4 is 10.6 Å². The molecule has 3 nitrogen and oxygen atoms in total. The van der Waals surface area contributed by atoms with Gasteiger partial charge in [-0.25, -0.2) is 0 Å². The molecular formula is C16H15ClN2OS. The molecule has 0 spiro atoms. The number of thiocarbonyl (C=S) groups is 1. The second kappa shape index (κ2) is 6.70. The molecule has 108 valence electrons. The van der Waals surface area contributed by atoms with E-state index in [9.17, 15) is 4.79 Å². The van der Waals surface area contributed by atoms with E-state index in [0.29, 0.717) is 10.6 Å². The molecular weight excluding hydrogens is 304 g/mol. The van der Waals surface area contributed by atoms with Crippen LogP contribution in [0.25, 0.3) is 0 Å². The third-order valence-electron chi connectivity index (χ3n) is 3.20. The van der Waals surface area contributed by atoms with Gasteiger partial charge in [0.15, 0.2) is 5.11 Å². The fourth-order valence-electron chi connectivity index (χ4n) is 1.86. The summed E-state index contributed by atoms with van der Waals surface area (Å²) in [5.74, 6) is -0.330. The molecule has 0 aliphatic heterocycles. The normalized spacial score (nSPS) is 10.0. The Morgan fingerprint density at radius 1 is 1.10 bits per heavy atom. The molecule has 0 unspecified atom stereocenters. The summed E-state index contributed by atoms with van der Waals surface area (Å²) >= 11 is 11.2. The van der Waals surface area contributed by atoms with Gasteiger partial charge in [-0.05, 0) is 55.4 Å². The topological polar surface area (TPSA) is 41.1 Å². The third kappa shape index (κ3) is 3.80. The summed E-state index contributed by atoms with van der Waals surface area (Å²) in [6, 6.07) is 12.7. The van der Waals surface area contributed by atoms with Crippen molar-refractivity contribution in [2.24, 2.45) is 0 Å². The number of hydrogen-bond donors (Lipinski definition) is 2. The van der Waals surface area contributed by atoms with E-state index in [-0.39, 0.29) is 11.0 Å². The predicted octanol–water partition coefficient (Wildman–Crippen LogP) is 4.08. The molecule has 0 aromatic heterocycles. The Morgan fingerprint density at radius 3 is 2.52 bits per heavy atom. The highest BCUT2D eigenvalue weighted by molar-refractivity contribution is 7.80. The molecule has 0 radical (unpaired) electrons. The van der Waals surface area contributed by atoms with Crippen molar-refractivity contribution in [2.75, 3.05) is 5.32 Å². The van der Waals surface area contributed by atoms with Gasteiger partial charge in [0.1, 0.15) is 0 Å². The lowest BCUT2D eigenvalue weighted by atomic mass is 10.1. The maximum atomic E-state index is 12.1. The minimum atomic E-state index is -0.330. The molecule has 1 amide bonds. The number of amides is 1. The highest BCUT2D eigenvalue weighted by Gasteiger charge is 2.11. The van der Waals surface area contributed by atoms with Crippen LogP contribution in [0.2, 0.25) is 5.02 Å². The van der Waals surface area contributed by atoms with Gasteiger partial charge in [-0.1, -0.05) is 35.9 Å². The summed E-state index contributed by atoms with van der Waals surface area (Å²) in [5, 5.41) is 6.29. The minimum Gasteiger partial charge on any atom is -0.332 e. The number of halogens is 1. The van der Waals surface area contributed by atoms with Gasteiger partial charge in [0.2, 0.25) is 0 Å². The Hall–Kier alpha value is -1.91. The van der Waals surface area contributed by atoms with Crippen molar-refractivity contribution in [3.8, 4) is 0 Å². The highest BCUT2D eigenvalue weighted by Crippen LogP contribution is 2.18. The number of anilines is 1. The summed E-state index contributed by atoms with van der Waals surface area (Å²) in [5.41, 5.74) is 3.51. The van der Waals surface area contributed by atoms with Crippen LogP contribution >= 0.6 is 23.8 Å². The van der Waals surface area contributed by atoms with E-state index in [1.807, 2.05) is 32.0 Å². The summed E-state index contributed by atoms with van der Waals surface area (Å²) in [7, 11) is 0. The Bertz CT molecular complexity index is 700. The lowest BCUT2D eigenvalue weighted by Gasteiger charge is -2.13. The zero-order chi connectivity index (χ0) is 15.4. The van der Waals surface area contributed by atoms with Gasteiger partial charge in [-0.2, -0.15) is 0 Å². The molecule has 0 heterocycles. The fourth-order valence-corrected chi connectivity index (χ4v) is 2.28. The molecule has 0 fully saturated rings. The molecule has 5 heteroatoms. The van der Waals surface area contributed by atoms with Crippen LogP contribution in [0, 0.1) is 13.8 Å². The summed E-state index contributed by atoms with van der Waals surface area (Å²) in [4.78, 5) is 12.1. The van der Waals surface area contributed by atoms with E-state index in [4.69, 9.17) is 23.8 Å². The molecule has 0 aliphatic carbocycles. The maximum absolute atomic E-state index is 12.1. The van der Waals surface area contributed by atoms with Crippen LogP contribution in [-0.2, 0) is 0 Å². The largest absolute Gasteiger partial charge is 0.332 e. The average molecular weight is 319 g/mol. The number of carbonyl (C=O) groups is 1. The van der Waals surface area contributed by atoms with Crippen molar-refractivity contribution in [3.05, 3.63) is 64.2 Å². The lowest BCUT2D eigenvalue weighted by Crippen LogP contribution is -2.34. The summed E-state index contributed by atoms with van der Waals surface area (Å²) in [6.45, 7) is 4.02. The van der Waals surface area contributed by atoms with Crippen LogP contribution in [0.1, 0.15) is 21.5 Å². The van der Waals surface area contributed by atoms with Crippen LogP contribution in [0.5, 0.6) is 0 Å². The molecule has 2 rings (SSSR count). The number of carbonyl (C=O) groups excluding carboxylic acids is 1. The molecule has 2 aromatic carbocycles. The van der Waals surface area contributed by atoms with E-state index < -0.39 is 0 Å². The predicted molar refractivity (Wildman–Crippen MR) is 91.1 cm³/mol. The number of benzene rings is 2. The van der Waals surface area contributed by atoms with E-state index in [2.05, 4.69) is 10.6 Å². The standard InChI is InChI=1S/C16H15ClN2OS/c1-10-6-5-9-14(11(10)2)18-16(21)19-15(20)12-7-3-4-8-13(12)17/h3-9H,1-2H3,(H2,18,19,20,21). The first-order chi connectivity index (χ1) is 9.99. The fraction of sp³-hybridized carbons (Fsp3) is 0.125. The maximum Gasteiger partial charge on any atom is 0.258 e. The van der Waals surface area contributed by atoms with Crippen molar-refractivity contribution in [3.63, 3.8) is 0 Å². The van der Waals surface area contributed by atoms with Gasteiger partial charge in [0, 0.05) is 5.69 Å². The number of hydrogen-bond acceptors (Lipinski definition) is 2. The van der Waals surface area contributed by atoms with Crippen molar-refractivity contribution in [2.45, 2.75) is 13.8 Å². The van der Waals surface area contributed by atoms with Gasteiger partial charge in [-0.15, -0.1) is 0 Å². The van der Waals surface area contributed by atoms with E-state index >= 15 is 0 Å². The van der Waals surface area contributed by atoms with E-state index in [1.54, 1.807) is 24.3 Å². The van der Waals surface area contributed by atoms with E-state index in [0.717, 1.165) is 16.8 Å². The van der Waals surface area contributed by atoms with Crippen molar-refractivity contribution < 1.29 is 4.79 Å². The molecule has 0 bridgehead atoms. The Kier molecular flexibility index (Phi) is 4.94. The first kappa shape index (κ1) is 15.5. The first-order valence-corrected chi connectivity index (χ1v) is 7.20. The third-order valence-corrected chi connectivity index (χ3v) is 3.73. The lowest BCUT2D eigenvalue weighted by molar-refractivity contribution is 0.0978. The Balaban J connectivity index is 2.07. The van der Waals surface area contributed by atoms with Crippen molar-refractivity contribution in [1.82, 2.24) is 5.32 Å². The van der Waals surface area contributed by atoms with Crippen LogP contribution in [0.4, 0.5) is 5.69 Å².